The molecule has 0 atom stereocenters. The molecule has 0 amide bonds. The van der Waals surface area contributed by atoms with Crippen LogP contribution in [0.5, 0.6) is 0 Å². The number of methoxy groups -OCH3 is 1. The summed E-state index contributed by atoms with van der Waals surface area (Å²) in [5, 5.41) is 9.08. The van der Waals surface area contributed by atoms with Crippen molar-refractivity contribution in [3.8, 4) is 0 Å². The van der Waals surface area contributed by atoms with Crippen molar-refractivity contribution in [1.29, 1.82) is 0 Å². The molecule has 0 fully saturated rings. The molecule has 2 aromatic carbocycles. The van der Waals surface area contributed by atoms with E-state index in [2.05, 4.69) is 30.9 Å². The van der Waals surface area contributed by atoms with Crippen molar-refractivity contribution in [2.75, 3.05) is 7.11 Å². The number of halogens is 1. The Morgan fingerprint density at radius 2 is 1.50 bits per heavy atom. The summed E-state index contributed by atoms with van der Waals surface area (Å²) < 4.78 is 4.63. The maximum atomic E-state index is 11.3. The summed E-state index contributed by atoms with van der Waals surface area (Å²) in [5.41, 5.74) is 3.15. The van der Waals surface area contributed by atoms with Gasteiger partial charge in [-0.15, -0.1) is 0 Å². The van der Waals surface area contributed by atoms with E-state index in [0.717, 1.165) is 11.0 Å². The smallest absolute Gasteiger partial charge is 0.337 e. The first-order valence-corrected chi connectivity index (χ1v) is 7.10. The molecule has 0 saturated heterocycles. The molecule has 2 rings (SSSR count). The Kier molecular flexibility index (Phi) is 5.01. The van der Waals surface area contributed by atoms with Gasteiger partial charge in [-0.25, -0.2) is 4.79 Å². The van der Waals surface area contributed by atoms with Crippen molar-refractivity contribution in [2.24, 2.45) is 10.2 Å². The normalized spacial score (nSPS) is 10.7. The Balaban J connectivity index is 2.08. The van der Waals surface area contributed by atoms with Crippen LogP contribution in [-0.2, 0) is 10.1 Å². The molecule has 0 aromatic heterocycles. The van der Waals surface area contributed by atoms with Crippen LogP contribution in [0.25, 0.3) is 0 Å². The zero-order chi connectivity index (χ0) is 14.4. The van der Waals surface area contributed by atoms with Crippen LogP contribution in [0.3, 0.4) is 0 Å². The lowest BCUT2D eigenvalue weighted by molar-refractivity contribution is 0.0601. The predicted octanol–water partition coefficient (Wildman–Crippen LogP) is 4.78. The van der Waals surface area contributed by atoms with Gasteiger partial charge in [0.15, 0.2) is 0 Å². The van der Waals surface area contributed by atoms with Crippen LogP contribution in [0.4, 0.5) is 11.4 Å². The summed E-state index contributed by atoms with van der Waals surface area (Å²) in [4.78, 5) is 11.3. The molecule has 2 aromatic rings. The fraction of sp³-hybridized carbons (Fsp3) is 0.133. The number of alkyl halides is 1. The summed E-state index contributed by atoms with van der Waals surface area (Å²) in [6, 6.07) is 14.6. The van der Waals surface area contributed by atoms with E-state index < -0.39 is 0 Å². The third-order valence-corrected chi connectivity index (χ3v) is 3.31. The second kappa shape index (κ2) is 6.96. The lowest BCUT2D eigenvalue weighted by Gasteiger charge is -1.99. The lowest BCUT2D eigenvalue weighted by atomic mass is 10.2. The monoisotopic (exact) mass is 332 g/mol. The van der Waals surface area contributed by atoms with E-state index in [-0.39, 0.29) is 5.97 Å². The second-order valence-electron chi connectivity index (χ2n) is 4.04. The lowest BCUT2D eigenvalue weighted by Crippen LogP contribution is -1.99. The zero-order valence-corrected chi connectivity index (χ0v) is 12.5. The van der Waals surface area contributed by atoms with Crippen molar-refractivity contribution >= 4 is 33.3 Å². The fourth-order valence-corrected chi connectivity index (χ4v) is 1.92. The molecule has 0 aliphatic heterocycles. The van der Waals surface area contributed by atoms with Gasteiger partial charge < -0.3 is 4.74 Å². The fourth-order valence-electron chi connectivity index (χ4n) is 1.55. The van der Waals surface area contributed by atoms with Crippen LogP contribution in [0.1, 0.15) is 15.9 Å². The largest absolute Gasteiger partial charge is 0.465 e. The van der Waals surface area contributed by atoms with E-state index in [0.29, 0.717) is 11.3 Å². The minimum atomic E-state index is -0.362. The Morgan fingerprint density at radius 1 is 1.00 bits per heavy atom. The minimum absolute atomic E-state index is 0.362. The van der Waals surface area contributed by atoms with Crippen molar-refractivity contribution in [3.05, 3.63) is 59.7 Å². The highest BCUT2D eigenvalue weighted by atomic mass is 79.9. The van der Waals surface area contributed by atoms with E-state index in [1.54, 1.807) is 24.3 Å². The average molecular weight is 333 g/mol. The number of esters is 1. The Bertz CT molecular complexity index is 607. The summed E-state index contributed by atoms with van der Waals surface area (Å²) in [6.07, 6.45) is 0. The number of carbonyl (C=O) groups is 1. The average Bonchev–Trinajstić information content (AvgIpc) is 2.53. The quantitative estimate of drug-likeness (QED) is 0.459. The number of ether oxygens (including phenoxy) is 1. The molecule has 0 unspecified atom stereocenters. The molecule has 20 heavy (non-hydrogen) atoms. The van der Waals surface area contributed by atoms with Gasteiger partial charge in [0.2, 0.25) is 0 Å². The third kappa shape index (κ3) is 3.74. The Labute approximate surface area is 125 Å². The summed E-state index contributed by atoms with van der Waals surface area (Å²) >= 11 is 3.39. The van der Waals surface area contributed by atoms with Gasteiger partial charge in [0.05, 0.1) is 24.0 Å². The SMILES string of the molecule is COC(=O)c1ccc(N=Nc2ccc(CBr)cc2)cc1. The molecule has 0 saturated carbocycles. The van der Waals surface area contributed by atoms with Gasteiger partial charge in [0.1, 0.15) is 0 Å². The number of hydrogen-bond acceptors (Lipinski definition) is 4. The van der Waals surface area contributed by atoms with Gasteiger partial charge in [0.25, 0.3) is 0 Å². The van der Waals surface area contributed by atoms with Gasteiger partial charge in [-0.1, -0.05) is 28.1 Å². The number of hydrogen-bond donors (Lipinski definition) is 0. The molecule has 5 heteroatoms. The van der Waals surface area contributed by atoms with Crippen molar-refractivity contribution in [2.45, 2.75) is 5.33 Å². The van der Waals surface area contributed by atoms with Crippen LogP contribution in [0, 0.1) is 0 Å². The Hall–Kier alpha value is -2.01. The summed E-state index contributed by atoms with van der Waals surface area (Å²) in [6.45, 7) is 0. The topological polar surface area (TPSA) is 51.0 Å². The highest BCUT2D eigenvalue weighted by Crippen LogP contribution is 2.20. The molecular formula is C15H13BrN2O2. The second-order valence-corrected chi connectivity index (χ2v) is 4.60. The number of rotatable bonds is 4. The molecule has 0 N–H and O–H groups in total. The first kappa shape index (κ1) is 14.4. The van der Waals surface area contributed by atoms with Crippen LogP contribution < -0.4 is 0 Å². The van der Waals surface area contributed by atoms with Gasteiger partial charge in [-0.3, -0.25) is 0 Å². The Morgan fingerprint density at radius 3 is 1.95 bits per heavy atom. The molecular weight excluding hydrogens is 320 g/mol. The van der Waals surface area contributed by atoms with Crippen molar-refractivity contribution in [1.82, 2.24) is 0 Å². The van der Waals surface area contributed by atoms with Crippen molar-refractivity contribution < 1.29 is 9.53 Å². The van der Waals surface area contributed by atoms with Crippen molar-refractivity contribution in [3.63, 3.8) is 0 Å². The molecule has 0 spiro atoms. The predicted molar refractivity (Wildman–Crippen MR) is 81.0 cm³/mol. The van der Waals surface area contributed by atoms with Crippen LogP contribution in [0.2, 0.25) is 0 Å². The van der Waals surface area contributed by atoms with Gasteiger partial charge >= 0.3 is 5.97 Å². The summed E-state index contributed by atoms with van der Waals surface area (Å²) in [5.74, 6) is -0.362. The van der Waals surface area contributed by atoms with E-state index in [1.165, 1.54) is 12.7 Å². The maximum Gasteiger partial charge on any atom is 0.337 e. The highest BCUT2D eigenvalue weighted by Gasteiger charge is 2.03. The van der Waals surface area contributed by atoms with Crippen LogP contribution in [-0.4, -0.2) is 13.1 Å². The van der Waals surface area contributed by atoms with Gasteiger partial charge in [-0.05, 0) is 42.0 Å². The van der Waals surface area contributed by atoms with Gasteiger partial charge in [0, 0.05) is 5.33 Å². The first-order valence-electron chi connectivity index (χ1n) is 5.98. The number of benzene rings is 2. The van der Waals surface area contributed by atoms with Crippen LogP contribution >= 0.6 is 15.9 Å². The maximum absolute atomic E-state index is 11.3. The number of carbonyl (C=O) groups excluding carboxylic acids is 1. The molecule has 0 heterocycles. The minimum Gasteiger partial charge on any atom is -0.465 e. The van der Waals surface area contributed by atoms with E-state index in [1.807, 2.05) is 24.3 Å². The van der Waals surface area contributed by atoms with Crippen LogP contribution in [0.15, 0.2) is 58.8 Å². The van der Waals surface area contributed by atoms with Gasteiger partial charge in [-0.2, -0.15) is 10.2 Å². The third-order valence-electron chi connectivity index (χ3n) is 2.66. The zero-order valence-electron chi connectivity index (χ0n) is 10.9. The summed E-state index contributed by atoms with van der Waals surface area (Å²) in [7, 11) is 1.35. The van der Waals surface area contributed by atoms with E-state index in [9.17, 15) is 4.79 Å². The number of nitrogens with zero attached hydrogens (tertiary/aromatic N) is 2. The first-order chi connectivity index (χ1) is 9.72. The molecule has 4 nitrogen and oxygen atoms in total. The molecule has 0 bridgehead atoms. The highest BCUT2D eigenvalue weighted by molar-refractivity contribution is 9.08. The molecule has 0 aliphatic carbocycles. The van der Waals surface area contributed by atoms with E-state index in [4.69, 9.17) is 0 Å². The molecule has 0 radical (unpaired) electrons. The molecule has 0 aliphatic rings. The number of azo groups is 1. The molecule has 102 valence electrons. The van der Waals surface area contributed by atoms with E-state index >= 15 is 0 Å². The standard InChI is InChI=1S/C15H13BrN2O2/c1-20-15(19)12-4-8-14(9-5-12)18-17-13-6-2-11(10-16)3-7-13/h2-9H,10H2,1H3.